The average Bonchev–Trinajstić information content (AvgIpc) is 3.08. The van der Waals surface area contributed by atoms with Crippen molar-refractivity contribution in [2.75, 3.05) is 19.0 Å². The van der Waals surface area contributed by atoms with Gasteiger partial charge in [0.1, 0.15) is 0 Å². The molecule has 0 fully saturated rings. The molecule has 0 saturated carbocycles. The van der Waals surface area contributed by atoms with Gasteiger partial charge in [0.05, 0.1) is 12.3 Å². The van der Waals surface area contributed by atoms with E-state index in [2.05, 4.69) is 39.9 Å². The average molecular weight is 375 g/mol. The fourth-order valence-corrected chi connectivity index (χ4v) is 3.73. The number of amides is 1. The Morgan fingerprint density at radius 1 is 1.18 bits per heavy atom. The zero-order chi connectivity index (χ0) is 19.7. The van der Waals surface area contributed by atoms with E-state index in [1.807, 2.05) is 55.4 Å². The number of para-hydroxylation sites is 1. The summed E-state index contributed by atoms with van der Waals surface area (Å²) in [6.07, 6.45) is 2.31. The van der Waals surface area contributed by atoms with Gasteiger partial charge in [0.25, 0.3) is 5.91 Å². The standard InChI is InChI=1S/C22H25N5O/c1-14-21-18(17-6-4-5-7-19(17)25-21)12-20(24-14)22(28)26-23-13-15-8-10-16(11-9-15)27(2)3/h4-11,13-14,20,24-25H,12H2,1-3H3,(H,26,28)/b23-13+/t14-,20-/m0/s1. The molecule has 1 aromatic heterocycles. The monoisotopic (exact) mass is 375 g/mol. The topological polar surface area (TPSA) is 72.5 Å². The normalized spacial score (nSPS) is 19.0. The van der Waals surface area contributed by atoms with Gasteiger partial charge < -0.3 is 9.88 Å². The predicted octanol–water partition coefficient (Wildman–Crippen LogP) is 2.96. The number of anilines is 1. The second kappa shape index (κ2) is 7.48. The summed E-state index contributed by atoms with van der Waals surface area (Å²) in [4.78, 5) is 18.2. The smallest absolute Gasteiger partial charge is 0.257 e. The Bertz CT molecular complexity index is 1020. The van der Waals surface area contributed by atoms with Gasteiger partial charge in [0.15, 0.2) is 0 Å². The summed E-state index contributed by atoms with van der Waals surface area (Å²) < 4.78 is 0. The summed E-state index contributed by atoms with van der Waals surface area (Å²) in [5.74, 6) is -0.121. The van der Waals surface area contributed by atoms with Gasteiger partial charge in [-0.1, -0.05) is 30.3 Å². The first-order chi connectivity index (χ1) is 13.5. The maximum absolute atomic E-state index is 12.6. The highest BCUT2D eigenvalue weighted by Gasteiger charge is 2.30. The molecule has 0 bridgehead atoms. The Balaban J connectivity index is 1.44. The molecule has 1 aliphatic heterocycles. The van der Waals surface area contributed by atoms with Gasteiger partial charge in [-0.3, -0.25) is 10.1 Å². The van der Waals surface area contributed by atoms with Crippen molar-refractivity contribution >= 4 is 28.7 Å². The van der Waals surface area contributed by atoms with E-state index in [1.54, 1.807) is 6.21 Å². The minimum absolute atomic E-state index is 0.0782. The molecule has 3 N–H and O–H groups in total. The Morgan fingerprint density at radius 2 is 1.93 bits per heavy atom. The highest BCUT2D eigenvalue weighted by atomic mass is 16.2. The van der Waals surface area contributed by atoms with E-state index >= 15 is 0 Å². The van der Waals surface area contributed by atoms with Crippen molar-refractivity contribution in [3.05, 3.63) is 65.4 Å². The van der Waals surface area contributed by atoms with Crippen LogP contribution in [0.15, 0.2) is 53.6 Å². The van der Waals surface area contributed by atoms with Crippen molar-refractivity contribution < 1.29 is 4.79 Å². The number of fused-ring (bicyclic) bond motifs is 3. The van der Waals surface area contributed by atoms with Crippen molar-refractivity contribution in [2.24, 2.45) is 5.10 Å². The molecule has 0 saturated heterocycles. The fraction of sp³-hybridized carbons (Fsp3) is 0.273. The molecule has 4 rings (SSSR count). The van der Waals surface area contributed by atoms with Crippen LogP contribution in [0.1, 0.15) is 29.8 Å². The summed E-state index contributed by atoms with van der Waals surface area (Å²) >= 11 is 0. The number of carbonyl (C=O) groups excluding carboxylic acids is 1. The lowest BCUT2D eigenvalue weighted by Crippen LogP contribution is -2.47. The minimum Gasteiger partial charge on any atom is -0.378 e. The first-order valence-electron chi connectivity index (χ1n) is 9.49. The molecule has 144 valence electrons. The third kappa shape index (κ3) is 3.51. The van der Waals surface area contributed by atoms with E-state index in [0.717, 1.165) is 22.5 Å². The van der Waals surface area contributed by atoms with Crippen molar-refractivity contribution in [3.63, 3.8) is 0 Å². The number of hydrazone groups is 1. The first kappa shape index (κ1) is 18.3. The lowest BCUT2D eigenvalue weighted by Gasteiger charge is -2.27. The third-order valence-electron chi connectivity index (χ3n) is 5.25. The van der Waals surface area contributed by atoms with Crippen molar-refractivity contribution in [1.29, 1.82) is 0 Å². The van der Waals surface area contributed by atoms with Gasteiger partial charge in [-0.05, 0) is 42.7 Å². The number of hydrogen-bond donors (Lipinski definition) is 3. The largest absolute Gasteiger partial charge is 0.378 e. The summed E-state index contributed by atoms with van der Waals surface area (Å²) in [5.41, 5.74) is 8.23. The molecular weight excluding hydrogens is 350 g/mol. The summed E-state index contributed by atoms with van der Waals surface area (Å²) in [6.45, 7) is 2.07. The molecule has 6 nitrogen and oxygen atoms in total. The number of benzene rings is 2. The zero-order valence-corrected chi connectivity index (χ0v) is 16.4. The highest BCUT2D eigenvalue weighted by Crippen LogP contribution is 2.31. The number of nitrogens with zero attached hydrogens (tertiary/aromatic N) is 2. The van der Waals surface area contributed by atoms with Crippen molar-refractivity contribution in [3.8, 4) is 0 Å². The van der Waals surface area contributed by atoms with Crippen LogP contribution >= 0.6 is 0 Å². The number of aromatic nitrogens is 1. The number of rotatable bonds is 4. The summed E-state index contributed by atoms with van der Waals surface area (Å²) in [5, 5.41) is 8.70. The number of nitrogens with one attached hydrogen (secondary N) is 3. The maximum atomic E-state index is 12.6. The zero-order valence-electron chi connectivity index (χ0n) is 16.4. The lowest BCUT2D eigenvalue weighted by molar-refractivity contribution is -0.123. The van der Waals surface area contributed by atoms with Gasteiger partial charge in [0.2, 0.25) is 0 Å². The molecule has 0 aliphatic carbocycles. The Hall–Kier alpha value is -3.12. The second-order valence-electron chi connectivity index (χ2n) is 7.43. The number of H-pyrrole nitrogens is 1. The number of hydrogen-bond acceptors (Lipinski definition) is 4. The lowest BCUT2D eigenvalue weighted by atomic mass is 9.94. The van der Waals surface area contributed by atoms with Crippen molar-refractivity contribution in [1.82, 2.24) is 15.7 Å². The van der Waals surface area contributed by atoms with E-state index in [4.69, 9.17) is 0 Å². The molecule has 6 heteroatoms. The molecule has 2 heterocycles. The Kier molecular flexibility index (Phi) is 4.88. The third-order valence-corrected chi connectivity index (χ3v) is 5.25. The van der Waals surface area contributed by atoms with Gasteiger partial charge in [-0.25, -0.2) is 5.43 Å². The van der Waals surface area contributed by atoms with E-state index in [9.17, 15) is 4.79 Å². The maximum Gasteiger partial charge on any atom is 0.257 e. The van der Waals surface area contributed by atoms with Crippen LogP contribution in [0, 0.1) is 0 Å². The van der Waals surface area contributed by atoms with E-state index in [0.29, 0.717) is 6.42 Å². The van der Waals surface area contributed by atoms with E-state index in [-0.39, 0.29) is 18.0 Å². The Labute approximate surface area is 164 Å². The van der Waals surface area contributed by atoms with E-state index < -0.39 is 0 Å². The molecule has 0 radical (unpaired) electrons. The SMILES string of the molecule is C[C@@H]1N[C@H](C(=O)N/N=C/c2ccc(N(C)C)cc2)Cc2c1[nH]c1ccccc21. The number of carbonyl (C=O) groups is 1. The molecule has 3 aromatic rings. The van der Waals surface area contributed by atoms with Crippen LogP contribution in [-0.2, 0) is 11.2 Å². The molecule has 28 heavy (non-hydrogen) atoms. The molecule has 0 unspecified atom stereocenters. The van der Waals surface area contributed by atoms with Crippen LogP contribution in [-0.4, -0.2) is 37.2 Å². The van der Waals surface area contributed by atoms with Crippen molar-refractivity contribution in [2.45, 2.75) is 25.4 Å². The van der Waals surface area contributed by atoms with Gasteiger partial charge in [-0.2, -0.15) is 5.10 Å². The van der Waals surface area contributed by atoms with Gasteiger partial charge in [0, 0.05) is 42.4 Å². The summed E-state index contributed by atoms with van der Waals surface area (Å²) in [7, 11) is 4.00. The Morgan fingerprint density at radius 3 is 2.68 bits per heavy atom. The van der Waals surface area contributed by atoms with Crippen LogP contribution in [0.5, 0.6) is 0 Å². The first-order valence-corrected chi connectivity index (χ1v) is 9.49. The molecular formula is C22H25N5O. The van der Waals surface area contributed by atoms with Gasteiger partial charge >= 0.3 is 0 Å². The highest BCUT2D eigenvalue weighted by molar-refractivity contribution is 5.89. The second-order valence-corrected chi connectivity index (χ2v) is 7.43. The molecule has 1 aliphatic rings. The van der Waals surface area contributed by atoms with Crippen LogP contribution in [0.4, 0.5) is 5.69 Å². The molecule has 0 spiro atoms. The number of aromatic amines is 1. The molecule has 2 aromatic carbocycles. The van der Waals surface area contributed by atoms with Crippen LogP contribution < -0.4 is 15.6 Å². The quantitative estimate of drug-likeness (QED) is 0.485. The van der Waals surface area contributed by atoms with Crippen LogP contribution in [0.25, 0.3) is 10.9 Å². The van der Waals surface area contributed by atoms with Crippen LogP contribution in [0.3, 0.4) is 0 Å². The van der Waals surface area contributed by atoms with E-state index in [1.165, 1.54) is 10.9 Å². The minimum atomic E-state index is -0.310. The predicted molar refractivity (Wildman–Crippen MR) is 114 cm³/mol. The van der Waals surface area contributed by atoms with Gasteiger partial charge in [-0.15, -0.1) is 0 Å². The van der Waals surface area contributed by atoms with Crippen LogP contribution in [0.2, 0.25) is 0 Å². The molecule has 1 amide bonds. The summed E-state index contributed by atoms with van der Waals surface area (Å²) in [6, 6.07) is 16.0. The fourth-order valence-electron chi connectivity index (χ4n) is 3.73. The molecule has 2 atom stereocenters.